The zero-order valence-corrected chi connectivity index (χ0v) is 10.7. The molecule has 2 aliphatic rings. The second kappa shape index (κ2) is 4.06. The first-order valence-corrected chi connectivity index (χ1v) is 6.48. The molecule has 0 radical (unpaired) electrons. The Labute approximate surface area is 94.4 Å². The van der Waals surface area contributed by atoms with Crippen molar-refractivity contribution in [3.8, 4) is 0 Å². The van der Waals surface area contributed by atoms with Crippen LogP contribution in [0.15, 0.2) is 0 Å². The highest BCUT2D eigenvalue weighted by Crippen LogP contribution is 2.28. The fraction of sp³-hybridized carbons (Fsp3) is 1.00. The molecule has 1 saturated heterocycles. The summed E-state index contributed by atoms with van der Waals surface area (Å²) >= 11 is 0. The number of nitrogens with one attached hydrogen (secondary N) is 1. The molecule has 1 aliphatic heterocycles. The van der Waals surface area contributed by atoms with Gasteiger partial charge in [-0.2, -0.15) is 0 Å². The normalized spacial score (nSPS) is 30.8. The molecule has 0 amide bonds. The van der Waals surface area contributed by atoms with E-state index in [9.17, 15) is 0 Å². The molecule has 0 aromatic heterocycles. The Hall–Kier alpha value is -0.0800. The minimum Gasteiger partial charge on any atom is -0.311 e. The first-order chi connectivity index (χ1) is 6.97. The molecule has 0 aromatic carbocycles. The van der Waals surface area contributed by atoms with Gasteiger partial charge in [0.2, 0.25) is 0 Å². The molecule has 2 heteroatoms. The van der Waals surface area contributed by atoms with Gasteiger partial charge in [-0.3, -0.25) is 4.90 Å². The Bertz CT molecular complexity index is 215. The lowest BCUT2D eigenvalue weighted by atomic mass is 10.00. The van der Waals surface area contributed by atoms with Gasteiger partial charge in [0.05, 0.1) is 0 Å². The molecule has 2 atom stereocenters. The minimum atomic E-state index is 0.355. The molecule has 0 spiro atoms. The lowest BCUT2D eigenvalue weighted by Crippen LogP contribution is -2.42. The molecule has 2 rings (SSSR count). The summed E-state index contributed by atoms with van der Waals surface area (Å²) in [7, 11) is 0. The lowest BCUT2D eigenvalue weighted by molar-refractivity contribution is 0.164. The summed E-state index contributed by atoms with van der Waals surface area (Å²) in [5.74, 6) is 0.866. The molecule has 0 aromatic rings. The number of hydrogen-bond acceptors (Lipinski definition) is 2. The number of hydrogen-bond donors (Lipinski definition) is 1. The van der Waals surface area contributed by atoms with E-state index < -0.39 is 0 Å². The summed E-state index contributed by atoms with van der Waals surface area (Å²) < 4.78 is 0. The average molecular weight is 210 g/mol. The smallest absolute Gasteiger partial charge is 0.0125 e. The Morgan fingerprint density at radius 2 is 1.87 bits per heavy atom. The van der Waals surface area contributed by atoms with E-state index in [0.717, 1.165) is 12.0 Å². The van der Waals surface area contributed by atoms with Gasteiger partial charge in [-0.25, -0.2) is 0 Å². The topological polar surface area (TPSA) is 15.3 Å². The molecule has 88 valence electrons. The van der Waals surface area contributed by atoms with E-state index in [0.29, 0.717) is 11.6 Å². The van der Waals surface area contributed by atoms with Crippen LogP contribution in [0, 0.1) is 5.92 Å². The highest BCUT2D eigenvalue weighted by atomic mass is 15.2. The maximum atomic E-state index is 3.74. The third-order valence-electron chi connectivity index (χ3n) is 3.96. The Balaban J connectivity index is 1.80. The van der Waals surface area contributed by atoms with Crippen LogP contribution in [0.5, 0.6) is 0 Å². The summed E-state index contributed by atoms with van der Waals surface area (Å²) in [5.41, 5.74) is 0.355. The van der Waals surface area contributed by atoms with Crippen molar-refractivity contribution in [3.63, 3.8) is 0 Å². The van der Waals surface area contributed by atoms with Gasteiger partial charge in [-0.05, 0) is 59.4 Å². The molecule has 2 unspecified atom stereocenters. The van der Waals surface area contributed by atoms with Crippen molar-refractivity contribution in [2.45, 2.75) is 64.6 Å². The molecule has 1 aliphatic carbocycles. The number of likely N-dealkylation sites (tertiary alicyclic amines) is 1. The van der Waals surface area contributed by atoms with Crippen molar-refractivity contribution in [2.75, 3.05) is 13.1 Å². The second-order valence-corrected chi connectivity index (χ2v) is 6.40. The van der Waals surface area contributed by atoms with Gasteiger partial charge in [-0.15, -0.1) is 0 Å². The first kappa shape index (κ1) is 11.4. The van der Waals surface area contributed by atoms with Crippen LogP contribution in [0.2, 0.25) is 0 Å². The third kappa shape index (κ3) is 2.94. The van der Waals surface area contributed by atoms with Crippen LogP contribution < -0.4 is 5.32 Å². The minimum absolute atomic E-state index is 0.355. The highest BCUT2D eigenvalue weighted by Gasteiger charge is 2.34. The lowest BCUT2D eigenvalue weighted by Gasteiger charge is -2.32. The van der Waals surface area contributed by atoms with Gasteiger partial charge in [-0.1, -0.05) is 0 Å². The predicted octanol–water partition coefficient (Wildman–Crippen LogP) is 2.25. The van der Waals surface area contributed by atoms with Crippen LogP contribution in [0.4, 0.5) is 0 Å². The van der Waals surface area contributed by atoms with Crippen LogP contribution >= 0.6 is 0 Å². The Kier molecular flexibility index (Phi) is 3.09. The fourth-order valence-electron chi connectivity index (χ4n) is 2.56. The van der Waals surface area contributed by atoms with Crippen molar-refractivity contribution in [3.05, 3.63) is 0 Å². The summed E-state index contributed by atoms with van der Waals surface area (Å²) in [4.78, 5) is 2.63. The summed E-state index contributed by atoms with van der Waals surface area (Å²) in [5, 5.41) is 3.74. The van der Waals surface area contributed by atoms with E-state index >= 15 is 0 Å². The molecule has 2 fully saturated rings. The van der Waals surface area contributed by atoms with Crippen LogP contribution in [-0.4, -0.2) is 35.6 Å². The Morgan fingerprint density at radius 3 is 2.33 bits per heavy atom. The molecular formula is C13H26N2. The standard InChI is InChI=1S/C13H26N2/c1-10(14-12-5-6-12)11-7-8-15(9-11)13(2,3)4/h10-12,14H,5-9H2,1-4H3. The van der Waals surface area contributed by atoms with Crippen molar-refractivity contribution in [1.29, 1.82) is 0 Å². The van der Waals surface area contributed by atoms with Crippen molar-refractivity contribution < 1.29 is 0 Å². The monoisotopic (exact) mass is 210 g/mol. The van der Waals surface area contributed by atoms with Crippen LogP contribution in [-0.2, 0) is 0 Å². The van der Waals surface area contributed by atoms with Crippen LogP contribution in [0.3, 0.4) is 0 Å². The van der Waals surface area contributed by atoms with E-state index in [4.69, 9.17) is 0 Å². The van der Waals surface area contributed by atoms with Gasteiger partial charge in [0, 0.05) is 24.2 Å². The maximum absolute atomic E-state index is 3.74. The van der Waals surface area contributed by atoms with Gasteiger partial charge >= 0.3 is 0 Å². The van der Waals surface area contributed by atoms with E-state index in [2.05, 4.69) is 37.9 Å². The molecule has 15 heavy (non-hydrogen) atoms. The van der Waals surface area contributed by atoms with E-state index in [1.54, 1.807) is 0 Å². The maximum Gasteiger partial charge on any atom is 0.0125 e. The zero-order chi connectivity index (χ0) is 11.1. The average Bonchev–Trinajstić information content (AvgIpc) is 2.80. The summed E-state index contributed by atoms with van der Waals surface area (Å²) in [6, 6.07) is 1.56. The molecule has 1 N–H and O–H groups in total. The van der Waals surface area contributed by atoms with Gasteiger partial charge in [0.25, 0.3) is 0 Å². The van der Waals surface area contributed by atoms with Crippen LogP contribution in [0.25, 0.3) is 0 Å². The highest BCUT2D eigenvalue weighted by molar-refractivity contribution is 4.91. The van der Waals surface area contributed by atoms with Crippen molar-refractivity contribution in [1.82, 2.24) is 10.2 Å². The molecule has 1 saturated carbocycles. The van der Waals surface area contributed by atoms with Crippen LogP contribution in [0.1, 0.15) is 47.0 Å². The SMILES string of the molecule is CC(NC1CC1)C1CCN(C(C)(C)C)C1. The van der Waals surface area contributed by atoms with Gasteiger partial charge < -0.3 is 5.32 Å². The van der Waals surface area contributed by atoms with E-state index in [-0.39, 0.29) is 0 Å². The number of nitrogens with zero attached hydrogens (tertiary/aromatic N) is 1. The van der Waals surface area contributed by atoms with Crippen molar-refractivity contribution >= 4 is 0 Å². The Morgan fingerprint density at radius 1 is 1.20 bits per heavy atom. The summed E-state index contributed by atoms with van der Waals surface area (Å²) in [6.45, 7) is 11.9. The summed E-state index contributed by atoms with van der Waals surface area (Å²) in [6.07, 6.45) is 4.18. The predicted molar refractivity (Wildman–Crippen MR) is 65.1 cm³/mol. The van der Waals surface area contributed by atoms with Gasteiger partial charge in [0.15, 0.2) is 0 Å². The third-order valence-corrected chi connectivity index (χ3v) is 3.96. The molecule has 1 heterocycles. The molecule has 0 bridgehead atoms. The van der Waals surface area contributed by atoms with Crippen molar-refractivity contribution in [2.24, 2.45) is 5.92 Å². The molecular weight excluding hydrogens is 184 g/mol. The number of rotatable bonds is 3. The van der Waals surface area contributed by atoms with E-state index in [1.807, 2.05) is 0 Å². The largest absolute Gasteiger partial charge is 0.311 e. The van der Waals surface area contributed by atoms with E-state index in [1.165, 1.54) is 32.4 Å². The fourth-order valence-corrected chi connectivity index (χ4v) is 2.56. The van der Waals surface area contributed by atoms with Gasteiger partial charge in [0.1, 0.15) is 0 Å². The molecule has 2 nitrogen and oxygen atoms in total. The zero-order valence-electron chi connectivity index (χ0n) is 10.7. The second-order valence-electron chi connectivity index (χ2n) is 6.40. The quantitative estimate of drug-likeness (QED) is 0.768. The first-order valence-electron chi connectivity index (χ1n) is 6.48.